The van der Waals surface area contributed by atoms with Crippen LogP contribution in [-0.4, -0.2) is 11.1 Å². The SMILES string of the molecule is C=C/C(=C\C=C\CCC(=O)O)c1ccccc1. The van der Waals surface area contributed by atoms with Crippen LogP contribution < -0.4 is 0 Å². The predicted molar refractivity (Wildman–Crippen MR) is 70.6 cm³/mol. The molecule has 2 heteroatoms. The third-order valence-electron chi connectivity index (χ3n) is 2.26. The van der Waals surface area contributed by atoms with E-state index >= 15 is 0 Å². The van der Waals surface area contributed by atoms with Crippen molar-refractivity contribution in [2.45, 2.75) is 12.8 Å². The van der Waals surface area contributed by atoms with E-state index in [1.807, 2.05) is 48.6 Å². The maximum absolute atomic E-state index is 10.3. The first-order valence-corrected chi connectivity index (χ1v) is 5.50. The third kappa shape index (κ3) is 4.98. The van der Waals surface area contributed by atoms with Crippen LogP contribution >= 0.6 is 0 Å². The summed E-state index contributed by atoms with van der Waals surface area (Å²) in [6, 6.07) is 9.94. The van der Waals surface area contributed by atoms with Crippen LogP contribution in [0.2, 0.25) is 0 Å². The van der Waals surface area contributed by atoms with E-state index in [0.717, 1.165) is 11.1 Å². The Morgan fingerprint density at radius 1 is 1.29 bits per heavy atom. The number of benzene rings is 1. The summed E-state index contributed by atoms with van der Waals surface area (Å²) in [6.07, 6.45) is 8.15. The molecule has 0 unspecified atom stereocenters. The molecular weight excluding hydrogens is 212 g/mol. The number of aliphatic carboxylic acids is 1. The van der Waals surface area contributed by atoms with Gasteiger partial charge in [-0.2, -0.15) is 0 Å². The molecule has 1 aromatic rings. The zero-order valence-corrected chi connectivity index (χ0v) is 9.67. The van der Waals surface area contributed by atoms with Crippen molar-refractivity contribution in [3.8, 4) is 0 Å². The molecular formula is C15H16O2. The summed E-state index contributed by atoms with van der Waals surface area (Å²) in [5.74, 6) is -0.773. The summed E-state index contributed by atoms with van der Waals surface area (Å²) < 4.78 is 0. The van der Waals surface area contributed by atoms with Crippen LogP contribution in [0.15, 0.2) is 61.2 Å². The minimum Gasteiger partial charge on any atom is -0.481 e. The summed E-state index contributed by atoms with van der Waals surface area (Å²) in [5, 5.41) is 8.48. The molecule has 2 nitrogen and oxygen atoms in total. The molecule has 0 aliphatic rings. The highest BCUT2D eigenvalue weighted by Crippen LogP contribution is 2.14. The molecule has 0 fully saturated rings. The lowest BCUT2D eigenvalue weighted by molar-refractivity contribution is -0.136. The molecule has 1 N–H and O–H groups in total. The largest absolute Gasteiger partial charge is 0.481 e. The average molecular weight is 228 g/mol. The predicted octanol–water partition coefficient (Wildman–Crippen LogP) is 3.68. The molecule has 88 valence electrons. The Morgan fingerprint density at radius 2 is 2.00 bits per heavy atom. The Labute approximate surface area is 102 Å². The third-order valence-corrected chi connectivity index (χ3v) is 2.26. The lowest BCUT2D eigenvalue weighted by Crippen LogP contribution is -1.91. The molecule has 1 rings (SSSR count). The van der Waals surface area contributed by atoms with Crippen molar-refractivity contribution in [1.82, 2.24) is 0 Å². The highest BCUT2D eigenvalue weighted by molar-refractivity contribution is 5.74. The molecule has 1 aromatic carbocycles. The molecule has 0 amide bonds. The van der Waals surface area contributed by atoms with E-state index in [4.69, 9.17) is 5.11 Å². The molecule has 0 aliphatic heterocycles. The number of carboxylic acids is 1. The number of hydrogen-bond acceptors (Lipinski definition) is 1. The molecule has 0 saturated heterocycles. The Morgan fingerprint density at radius 3 is 2.59 bits per heavy atom. The van der Waals surface area contributed by atoms with E-state index in [1.54, 1.807) is 6.08 Å². The molecule has 0 aliphatic carbocycles. The Bertz CT molecular complexity index is 427. The van der Waals surface area contributed by atoms with E-state index in [9.17, 15) is 4.79 Å². The second-order valence-electron chi connectivity index (χ2n) is 3.55. The van der Waals surface area contributed by atoms with Gasteiger partial charge in [0.25, 0.3) is 0 Å². The van der Waals surface area contributed by atoms with E-state index in [0.29, 0.717) is 6.42 Å². The zero-order valence-electron chi connectivity index (χ0n) is 9.67. The minimum absolute atomic E-state index is 0.166. The van der Waals surface area contributed by atoms with Gasteiger partial charge in [0.15, 0.2) is 0 Å². The van der Waals surface area contributed by atoms with Crippen LogP contribution in [0.1, 0.15) is 18.4 Å². The highest BCUT2D eigenvalue weighted by atomic mass is 16.4. The van der Waals surface area contributed by atoms with E-state index in [-0.39, 0.29) is 6.42 Å². The summed E-state index contributed by atoms with van der Waals surface area (Å²) in [6.45, 7) is 3.77. The molecule has 0 saturated carbocycles. The van der Waals surface area contributed by atoms with Crippen molar-refractivity contribution < 1.29 is 9.90 Å². The van der Waals surface area contributed by atoms with Gasteiger partial charge in [-0.1, -0.05) is 61.2 Å². The van der Waals surface area contributed by atoms with Gasteiger partial charge in [-0.05, 0) is 17.6 Å². The Hall–Kier alpha value is -2.09. The zero-order chi connectivity index (χ0) is 12.5. The van der Waals surface area contributed by atoms with Crippen LogP contribution in [0.4, 0.5) is 0 Å². The van der Waals surface area contributed by atoms with Gasteiger partial charge in [0, 0.05) is 6.42 Å². The van der Waals surface area contributed by atoms with Gasteiger partial charge >= 0.3 is 5.97 Å². The normalized spacial score (nSPS) is 11.6. The van der Waals surface area contributed by atoms with Gasteiger partial charge in [0.2, 0.25) is 0 Å². The molecule has 0 spiro atoms. The number of hydrogen-bond donors (Lipinski definition) is 1. The summed E-state index contributed by atoms with van der Waals surface area (Å²) in [7, 11) is 0. The van der Waals surface area contributed by atoms with Crippen LogP contribution in [0.5, 0.6) is 0 Å². The molecule has 0 heterocycles. The number of carboxylic acid groups (broad SMARTS) is 1. The first-order chi connectivity index (χ1) is 8.24. The number of rotatable bonds is 6. The van der Waals surface area contributed by atoms with Crippen LogP contribution in [0.3, 0.4) is 0 Å². The van der Waals surface area contributed by atoms with Crippen molar-refractivity contribution in [2.75, 3.05) is 0 Å². The van der Waals surface area contributed by atoms with Crippen LogP contribution in [-0.2, 0) is 4.79 Å². The smallest absolute Gasteiger partial charge is 0.303 e. The fraction of sp³-hybridized carbons (Fsp3) is 0.133. The summed E-state index contributed by atoms with van der Waals surface area (Å²) >= 11 is 0. The molecule has 0 radical (unpaired) electrons. The van der Waals surface area contributed by atoms with E-state index < -0.39 is 5.97 Å². The first kappa shape index (κ1) is 13.0. The molecule has 17 heavy (non-hydrogen) atoms. The second-order valence-corrected chi connectivity index (χ2v) is 3.55. The summed E-state index contributed by atoms with van der Waals surface area (Å²) in [4.78, 5) is 10.3. The lowest BCUT2D eigenvalue weighted by Gasteiger charge is -1.99. The quantitative estimate of drug-likeness (QED) is 0.754. The molecule has 0 atom stereocenters. The maximum Gasteiger partial charge on any atom is 0.303 e. The maximum atomic E-state index is 10.3. The monoisotopic (exact) mass is 228 g/mol. The number of allylic oxidation sites excluding steroid dienone is 5. The Balaban J connectivity index is 2.62. The van der Waals surface area contributed by atoms with Gasteiger partial charge in [-0.3, -0.25) is 4.79 Å². The first-order valence-electron chi connectivity index (χ1n) is 5.50. The van der Waals surface area contributed by atoms with Crippen molar-refractivity contribution in [2.24, 2.45) is 0 Å². The second kappa shape index (κ2) is 7.23. The minimum atomic E-state index is -0.773. The van der Waals surface area contributed by atoms with Gasteiger partial charge in [0.1, 0.15) is 0 Å². The Kier molecular flexibility index (Phi) is 5.52. The van der Waals surface area contributed by atoms with Crippen molar-refractivity contribution in [3.05, 3.63) is 66.8 Å². The van der Waals surface area contributed by atoms with E-state index in [2.05, 4.69) is 6.58 Å². The van der Waals surface area contributed by atoms with Crippen molar-refractivity contribution in [1.29, 1.82) is 0 Å². The fourth-order valence-corrected chi connectivity index (χ4v) is 1.39. The van der Waals surface area contributed by atoms with Crippen molar-refractivity contribution >= 4 is 11.5 Å². The average Bonchev–Trinajstić information content (AvgIpc) is 2.34. The molecule has 0 bridgehead atoms. The van der Waals surface area contributed by atoms with E-state index in [1.165, 1.54) is 0 Å². The van der Waals surface area contributed by atoms with Crippen molar-refractivity contribution in [3.63, 3.8) is 0 Å². The highest BCUT2D eigenvalue weighted by Gasteiger charge is 1.94. The van der Waals surface area contributed by atoms with Gasteiger partial charge in [0.05, 0.1) is 0 Å². The van der Waals surface area contributed by atoms with Gasteiger partial charge in [-0.15, -0.1) is 0 Å². The number of carbonyl (C=O) groups is 1. The van der Waals surface area contributed by atoms with Gasteiger partial charge in [-0.25, -0.2) is 0 Å². The molecule has 0 aromatic heterocycles. The fourth-order valence-electron chi connectivity index (χ4n) is 1.39. The summed E-state index contributed by atoms with van der Waals surface area (Å²) in [5.41, 5.74) is 2.13. The van der Waals surface area contributed by atoms with Crippen LogP contribution in [0, 0.1) is 0 Å². The lowest BCUT2D eigenvalue weighted by atomic mass is 10.1. The topological polar surface area (TPSA) is 37.3 Å². The van der Waals surface area contributed by atoms with Gasteiger partial charge < -0.3 is 5.11 Å². The standard InChI is InChI=1S/C15H16O2/c1-2-13(14-10-6-3-7-11-14)9-5-4-8-12-15(16)17/h2-7,9-11H,1,8,12H2,(H,16,17)/b5-4+,13-9+. The van der Waals surface area contributed by atoms with Crippen LogP contribution in [0.25, 0.3) is 5.57 Å².